The third kappa shape index (κ3) is 4.03. The van der Waals surface area contributed by atoms with Gasteiger partial charge in [-0.25, -0.2) is 0 Å². The first kappa shape index (κ1) is 22.8. The van der Waals surface area contributed by atoms with E-state index in [1.807, 2.05) is 62.5 Å². The number of aliphatic hydroxyl groups excluding tert-OH is 1. The van der Waals surface area contributed by atoms with Crippen LogP contribution in [0.25, 0.3) is 0 Å². The molecule has 8 heteroatoms. The number of anilines is 2. The standard InChI is InChI=1S/C24H31NO6Si/c1-15-23(29-2)17-13-16(25-18-7-5-6-8-20(18)30-14-22(25)27)9-10-19(17)31-24(15)21(11-12-26)32(3,4)28/h5-10,13,15,21,23-24,26,28H,11-12,14H2,1-4H3/t15-,21?,23-,24-/m1/s1. The Morgan fingerprint density at radius 2 is 1.97 bits per heavy atom. The molecule has 0 bridgehead atoms. The second kappa shape index (κ2) is 8.86. The lowest BCUT2D eigenvalue weighted by Gasteiger charge is -2.44. The van der Waals surface area contributed by atoms with Crippen LogP contribution in [0, 0.1) is 5.92 Å². The van der Waals surface area contributed by atoms with Crippen LogP contribution in [0.1, 0.15) is 25.0 Å². The normalized spacial score (nSPS) is 23.6. The van der Waals surface area contributed by atoms with E-state index in [0.717, 1.165) is 11.3 Å². The van der Waals surface area contributed by atoms with Crippen LogP contribution < -0.4 is 14.4 Å². The second-order valence-electron chi connectivity index (χ2n) is 9.08. The van der Waals surface area contributed by atoms with Crippen LogP contribution in [0.2, 0.25) is 18.6 Å². The topological polar surface area (TPSA) is 88.5 Å². The third-order valence-corrected chi connectivity index (χ3v) is 8.95. The number of nitrogens with zero attached hydrogens (tertiary/aromatic N) is 1. The first-order valence-electron chi connectivity index (χ1n) is 11.0. The molecule has 4 atom stereocenters. The van der Waals surface area contributed by atoms with Gasteiger partial charge in [0.1, 0.15) is 17.6 Å². The molecule has 7 nitrogen and oxygen atoms in total. The fourth-order valence-corrected chi connectivity index (χ4v) is 6.96. The summed E-state index contributed by atoms with van der Waals surface area (Å²) in [5.74, 6) is 1.15. The molecule has 0 aliphatic carbocycles. The molecule has 2 aliphatic heterocycles. The summed E-state index contributed by atoms with van der Waals surface area (Å²) >= 11 is 0. The van der Waals surface area contributed by atoms with Crippen molar-refractivity contribution in [2.45, 2.75) is 44.2 Å². The van der Waals surface area contributed by atoms with Gasteiger partial charge in [-0.3, -0.25) is 9.69 Å². The van der Waals surface area contributed by atoms with Gasteiger partial charge in [-0.05, 0) is 49.8 Å². The van der Waals surface area contributed by atoms with Crippen molar-refractivity contribution in [1.29, 1.82) is 0 Å². The Balaban J connectivity index is 1.73. The number of benzene rings is 2. The van der Waals surface area contributed by atoms with Gasteiger partial charge in [0.05, 0.1) is 11.8 Å². The molecule has 2 N–H and O–H groups in total. The molecular weight excluding hydrogens is 426 g/mol. The molecule has 0 fully saturated rings. The highest BCUT2D eigenvalue weighted by Crippen LogP contribution is 2.48. The van der Waals surface area contributed by atoms with Gasteiger partial charge in [0.25, 0.3) is 5.91 Å². The minimum Gasteiger partial charge on any atom is -0.490 e. The lowest BCUT2D eigenvalue weighted by Crippen LogP contribution is -2.48. The SMILES string of the molecule is CO[C@H]1c2cc(N3C(=O)COc4ccccc43)ccc2O[C@@H](C(CCO)[Si](C)(C)O)[C@@H]1C. The maximum atomic E-state index is 12.8. The number of aliphatic hydroxyl groups is 1. The van der Waals surface area contributed by atoms with Crippen molar-refractivity contribution in [2.24, 2.45) is 5.92 Å². The first-order chi connectivity index (χ1) is 15.3. The number of rotatable bonds is 6. The fourth-order valence-electron chi connectivity index (χ4n) is 4.95. The van der Waals surface area contributed by atoms with E-state index >= 15 is 0 Å². The number of fused-ring (bicyclic) bond motifs is 2. The molecule has 0 radical (unpaired) electrons. The number of ether oxygens (including phenoxy) is 3. The van der Waals surface area contributed by atoms with E-state index in [9.17, 15) is 14.7 Å². The zero-order valence-corrected chi connectivity index (χ0v) is 19.9. The highest BCUT2D eigenvalue weighted by atomic mass is 28.4. The summed E-state index contributed by atoms with van der Waals surface area (Å²) in [6, 6.07) is 13.1. The van der Waals surface area contributed by atoms with Gasteiger partial charge in [0, 0.05) is 36.4 Å². The number of amides is 1. The highest BCUT2D eigenvalue weighted by molar-refractivity contribution is 6.71. The third-order valence-electron chi connectivity index (χ3n) is 6.52. The van der Waals surface area contributed by atoms with Crippen LogP contribution in [-0.4, -0.2) is 50.6 Å². The summed E-state index contributed by atoms with van der Waals surface area (Å²) in [5, 5.41) is 9.60. The fraction of sp³-hybridized carbons (Fsp3) is 0.458. The monoisotopic (exact) mass is 457 g/mol. The Bertz CT molecular complexity index is 991. The number of carbonyl (C=O) groups excluding carboxylic acids is 1. The number of hydrogen-bond donors (Lipinski definition) is 2. The lowest BCUT2D eigenvalue weighted by atomic mass is 9.86. The molecule has 32 heavy (non-hydrogen) atoms. The summed E-state index contributed by atoms with van der Waals surface area (Å²) < 4.78 is 17.9. The predicted molar refractivity (Wildman–Crippen MR) is 124 cm³/mol. The molecule has 1 amide bonds. The van der Waals surface area contributed by atoms with Crippen molar-refractivity contribution in [2.75, 3.05) is 25.2 Å². The highest BCUT2D eigenvalue weighted by Gasteiger charge is 2.46. The zero-order chi connectivity index (χ0) is 23.0. The van der Waals surface area contributed by atoms with Gasteiger partial charge in [-0.2, -0.15) is 0 Å². The molecule has 2 aliphatic rings. The Labute approximate surface area is 189 Å². The summed E-state index contributed by atoms with van der Waals surface area (Å²) in [6.45, 7) is 5.79. The van der Waals surface area contributed by atoms with Crippen LogP contribution in [0.5, 0.6) is 11.5 Å². The molecule has 172 valence electrons. The van der Waals surface area contributed by atoms with E-state index in [-0.39, 0.29) is 42.8 Å². The molecule has 0 spiro atoms. The van der Waals surface area contributed by atoms with E-state index in [1.165, 1.54) is 0 Å². The van der Waals surface area contributed by atoms with Crippen molar-refractivity contribution in [3.05, 3.63) is 48.0 Å². The predicted octanol–water partition coefficient (Wildman–Crippen LogP) is 3.78. The average Bonchev–Trinajstić information content (AvgIpc) is 2.76. The van der Waals surface area contributed by atoms with E-state index < -0.39 is 8.32 Å². The van der Waals surface area contributed by atoms with Crippen LogP contribution in [0.15, 0.2) is 42.5 Å². The molecule has 1 unspecified atom stereocenters. The summed E-state index contributed by atoms with van der Waals surface area (Å²) in [4.78, 5) is 25.3. The van der Waals surface area contributed by atoms with Crippen LogP contribution >= 0.6 is 0 Å². The maximum Gasteiger partial charge on any atom is 0.269 e. The molecule has 4 rings (SSSR count). The van der Waals surface area contributed by atoms with Gasteiger partial charge in [0.15, 0.2) is 14.9 Å². The number of hydrogen-bond acceptors (Lipinski definition) is 6. The van der Waals surface area contributed by atoms with Crippen LogP contribution in [-0.2, 0) is 9.53 Å². The van der Waals surface area contributed by atoms with Crippen LogP contribution in [0.4, 0.5) is 11.4 Å². The van der Waals surface area contributed by atoms with Crippen molar-refractivity contribution >= 4 is 25.6 Å². The van der Waals surface area contributed by atoms with Crippen molar-refractivity contribution in [1.82, 2.24) is 0 Å². The van der Waals surface area contributed by atoms with Crippen molar-refractivity contribution in [3.63, 3.8) is 0 Å². The average molecular weight is 458 g/mol. The quantitative estimate of drug-likeness (QED) is 0.642. The van der Waals surface area contributed by atoms with Crippen molar-refractivity contribution < 1.29 is 28.9 Å². The Morgan fingerprint density at radius 1 is 1.22 bits per heavy atom. The number of carbonyl (C=O) groups is 1. The van der Waals surface area contributed by atoms with E-state index in [0.29, 0.717) is 23.6 Å². The van der Waals surface area contributed by atoms with Gasteiger partial charge < -0.3 is 24.1 Å². The zero-order valence-electron chi connectivity index (χ0n) is 18.9. The van der Waals surface area contributed by atoms with Gasteiger partial charge >= 0.3 is 0 Å². The molecule has 0 saturated carbocycles. The molecule has 2 heterocycles. The summed E-state index contributed by atoms with van der Waals surface area (Å²) in [6.07, 6.45) is -0.0660. The minimum atomic E-state index is -2.59. The maximum absolute atomic E-state index is 12.8. The van der Waals surface area contributed by atoms with Gasteiger partial charge in [0.2, 0.25) is 0 Å². The molecule has 2 aromatic carbocycles. The smallest absolute Gasteiger partial charge is 0.269 e. The largest absolute Gasteiger partial charge is 0.490 e. The van der Waals surface area contributed by atoms with Crippen molar-refractivity contribution in [3.8, 4) is 11.5 Å². The van der Waals surface area contributed by atoms with Gasteiger partial charge in [-0.1, -0.05) is 19.1 Å². The Hall–Kier alpha value is -2.39. The van der Waals surface area contributed by atoms with E-state index in [1.54, 1.807) is 12.0 Å². The van der Waals surface area contributed by atoms with Gasteiger partial charge in [-0.15, -0.1) is 0 Å². The second-order valence-corrected chi connectivity index (χ2v) is 13.1. The Morgan fingerprint density at radius 3 is 2.66 bits per heavy atom. The first-order valence-corrected chi connectivity index (χ1v) is 14.0. The minimum absolute atomic E-state index is 0.00374. The molecule has 2 aromatic rings. The summed E-state index contributed by atoms with van der Waals surface area (Å²) in [7, 11) is -0.930. The lowest BCUT2D eigenvalue weighted by molar-refractivity contribution is -0.120. The number of methoxy groups -OCH3 is 1. The van der Waals surface area contributed by atoms with E-state index in [4.69, 9.17) is 14.2 Å². The van der Waals surface area contributed by atoms with Crippen LogP contribution in [0.3, 0.4) is 0 Å². The summed E-state index contributed by atoms with van der Waals surface area (Å²) in [5.41, 5.74) is 2.16. The van der Waals surface area contributed by atoms with E-state index in [2.05, 4.69) is 0 Å². The number of para-hydroxylation sites is 2. The molecular formula is C24H31NO6Si. The molecule has 0 aromatic heterocycles. The molecule has 0 saturated heterocycles. The Kier molecular flexibility index (Phi) is 6.31.